The molecule has 0 heterocycles. The number of sulfonamides is 1. The van der Waals surface area contributed by atoms with E-state index in [-0.39, 0.29) is 18.5 Å². The van der Waals surface area contributed by atoms with Crippen LogP contribution in [0, 0.1) is 0 Å². The van der Waals surface area contributed by atoms with Crippen LogP contribution in [0.15, 0.2) is 66.7 Å². The van der Waals surface area contributed by atoms with Gasteiger partial charge in [-0.3, -0.25) is 9.10 Å². The first-order valence-electron chi connectivity index (χ1n) is 11.5. The van der Waals surface area contributed by atoms with Gasteiger partial charge in [0.1, 0.15) is 0 Å². The number of hydrogen-bond acceptors (Lipinski definition) is 3. The van der Waals surface area contributed by atoms with Gasteiger partial charge in [0, 0.05) is 10.6 Å². The number of benzene rings is 3. The summed E-state index contributed by atoms with van der Waals surface area (Å²) in [5, 5.41) is 3.65. The molecule has 3 aromatic rings. The van der Waals surface area contributed by atoms with Gasteiger partial charge in [0.05, 0.1) is 24.5 Å². The van der Waals surface area contributed by atoms with E-state index in [0.29, 0.717) is 16.3 Å². The lowest BCUT2D eigenvalue weighted by Crippen LogP contribution is -2.29. The molecule has 1 N–H and O–H groups in total. The van der Waals surface area contributed by atoms with E-state index in [2.05, 4.69) is 23.5 Å². The SMILES string of the molecule is C[C@H](NC(=O)c1ccc(N(Cc2ccc(Cl)cc2)S(C)(=O)=O)cc1)c1ccc2c(c1)CCCC2. The van der Waals surface area contributed by atoms with Crippen molar-refractivity contribution in [1.82, 2.24) is 5.32 Å². The van der Waals surface area contributed by atoms with E-state index >= 15 is 0 Å². The number of carbonyl (C=O) groups excluding carboxylic acids is 1. The molecule has 1 amide bonds. The van der Waals surface area contributed by atoms with Gasteiger partial charge < -0.3 is 5.32 Å². The third-order valence-corrected chi connectivity index (χ3v) is 7.67. The lowest BCUT2D eigenvalue weighted by molar-refractivity contribution is 0.0940. The van der Waals surface area contributed by atoms with Crippen LogP contribution >= 0.6 is 11.6 Å². The minimum atomic E-state index is -3.52. The molecule has 0 bridgehead atoms. The molecule has 1 atom stereocenters. The first-order chi connectivity index (χ1) is 16.2. The summed E-state index contributed by atoms with van der Waals surface area (Å²) in [5.41, 5.74) is 5.69. The molecular formula is C27H29ClN2O3S. The van der Waals surface area contributed by atoms with Crippen LogP contribution in [0.2, 0.25) is 5.02 Å². The zero-order valence-electron chi connectivity index (χ0n) is 19.4. The lowest BCUT2D eigenvalue weighted by atomic mass is 9.89. The van der Waals surface area contributed by atoms with Crippen molar-refractivity contribution in [2.24, 2.45) is 0 Å². The number of amides is 1. The van der Waals surface area contributed by atoms with Crippen molar-refractivity contribution in [2.45, 2.75) is 45.2 Å². The molecule has 4 rings (SSSR count). The number of rotatable bonds is 7. The molecule has 34 heavy (non-hydrogen) atoms. The highest BCUT2D eigenvalue weighted by Gasteiger charge is 2.19. The largest absolute Gasteiger partial charge is 0.346 e. The summed E-state index contributed by atoms with van der Waals surface area (Å²) in [6.07, 6.45) is 5.85. The summed E-state index contributed by atoms with van der Waals surface area (Å²) in [7, 11) is -3.52. The second-order valence-electron chi connectivity index (χ2n) is 8.87. The van der Waals surface area contributed by atoms with Crippen LogP contribution in [0.3, 0.4) is 0 Å². The normalized spacial score (nSPS) is 14.2. The van der Waals surface area contributed by atoms with Crippen molar-refractivity contribution in [3.05, 3.63) is 99.6 Å². The van der Waals surface area contributed by atoms with Crippen molar-refractivity contribution >= 4 is 33.2 Å². The minimum Gasteiger partial charge on any atom is -0.346 e. The van der Waals surface area contributed by atoms with E-state index in [0.717, 1.165) is 24.0 Å². The fourth-order valence-electron chi connectivity index (χ4n) is 4.32. The summed E-state index contributed by atoms with van der Waals surface area (Å²) in [4.78, 5) is 12.9. The molecule has 3 aromatic carbocycles. The molecule has 5 nitrogen and oxygen atoms in total. The van der Waals surface area contributed by atoms with E-state index in [1.165, 1.54) is 34.5 Å². The fraction of sp³-hybridized carbons (Fsp3) is 0.296. The molecule has 1 aliphatic rings. The van der Waals surface area contributed by atoms with E-state index in [4.69, 9.17) is 11.6 Å². The smallest absolute Gasteiger partial charge is 0.251 e. The average Bonchev–Trinajstić information content (AvgIpc) is 2.82. The maximum Gasteiger partial charge on any atom is 0.251 e. The van der Waals surface area contributed by atoms with Crippen molar-refractivity contribution < 1.29 is 13.2 Å². The molecule has 7 heteroatoms. The van der Waals surface area contributed by atoms with Crippen LogP contribution in [0.5, 0.6) is 0 Å². The quantitative estimate of drug-likeness (QED) is 0.458. The van der Waals surface area contributed by atoms with Gasteiger partial charge in [-0.05, 0) is 91.3 Å². The third kappa shape index (κ3) is 5.80. The van der Waals surface area contributed by atoms with Crippen molar-refractivity contribution in [2.75, 3.05) is 10.6 Å². The highest BCUT2D eigenvalue weighted by atomic mass is 35.5. The van der Waals surface area contributed by atoms with Gasteiger partial charge >= 0.3 is 0 Å². The molecule has 0 fully saturated rings. The zero-order valence-corrected chi connectivity index (χ0v) is 21.0. The Morgan fingerprint density at radius 2 is 1.62 bits per heavy atom. The Hall–Kier alpha value is -2.83. The number of nitrogens with one attached hydrogen (secondary N) is 1. The van der Waals surface area contributed by atoms with Gasteiger partial charge in [-0.1, -0.05) is 41.9 Å². The lowest BCUT2D eigenvalue weighted by Gasteiger charge is -2.23. The first-order valence-corrected chi connectivity index (χ1v) is 13.7. The van der Waals surface area contributed by atoms with Crippen LogP contribution in [0.1, 0.15) is 58.4 Å². The van der Waals surface area contributed by atoms with Gasteiger partial charge in [0.15, 0.2) is 0 Å². The van der Waals surface area contributed by atoms with Gasteiger partial charge in [-0.2, -0.15) is 0 Å². The van der Waals surface area contributed by atoms with Crippen LogP contribution in [0.4, 0.5) is 5.69 Å². The highest BCUT2D eigenvalue weighted by molar-refractivity contribution is 7.92. The molecule has 0 unspecified atom stereocenters. The molecule has 0 saturated carbocycles. The summed E-state index contributed by atoms with van der Waals surface area (Å²) in [6.45, 7) is 2.16. The number of fused-ring (bicyclic) bond motifs is 1. The Bertz CT molecular complexity index is 1270. The van der Waals surface area contributed by atoms with E-state index in [1.807, 2.05) is 6.92 Å². The Labute approximate surface area is 206 Å². The summed E-state index contributed by atoms with van der Waals surface area (Å²) in [5.74, 6) is -0.194. The maximum absolute atomic E-state index is 12.9. The summed E-state index contributed by atoms with van der Waals surface area (Å²) in [6, 6.07) is 20.1. The Morgan fingerprint density at radius 3 is 2.26 bits per heavy atom. The van der Waals surface area contributed by atoms with E-state index in [9.17, 15) is 13.2 Å². The molecular weight excluding hydrogens is 468 g/mol. The Balaban J connectivity index is 1.47. The predicted octanol–water partition coefficient (Wildman–Crippen LogP) is 5.68. The molecule has 0 radical (unpaired) electrons. The third-order valence-electron chi connectivity index (χ3n) is 6.28. The van der Waals surface area contributed by atoms with Crippen molar-refractivity contribution in [3.8, 4) is 0 Å². The topological polar surface area (TPSA) is 66.5 Å². The highest BCUT2D eigenvalue weighted by Crippen LogP contribution is 2.26. The monoisotopic (exact) mass is 496 g/mol. The predicted molar refractivity (Wildman–Crippen MR) is 138 cm³/mol. The molecule has 0 aliphatic heterocycles. The number of nitrogens with zero attached hydrogens (tertiary/aromatic N) is 1. The zero-order chi connectivity index (χ0) is 24.3. The molecule has 0 aromatic heterocycles. The number of halogens is 1. The van der Waals surface area contributed by atoms with Crippen LogP contribution < -0.4 is 9.62 Å². The van der Waals surface area contributed by atoms with Gasteiger partial charge in [-0.25, -0.2) is 8.42 Å². The second kappa shape index (κ2) is 10.2. The summed E-state index contributed by atoms with van der Waals surface area (Å²) < 4.78 is 26.2. The molecule has 0 spiro atoms. The summed E-state index contributed by atoms with van der Waals surface area (Å²) >= 11 is 5.94. The van der Waals surface area contributed by atoms with Crippen molar-refractivity contribution in [3.63, 3.8) is 0 Å². The number of aryl methyl sites for hydroxylation is 2. The van der Waals surface area contributed by atoms with Gasteiger partial charge in [-0.15, -0.1) is 0 Å². The average molecular weight is 497 g/mol. The number of anilines is 1. The fourth-order valence-corrected chi connectivity index (χ4v) is 5.33. The van der Waals surface area contributed by atoms with E-state index < -0.39 is 10.0 Å². The molecule has 1 aliphatic carbocycles. The second-order valence-corrected chi connectivity index (χ2v) is 11.2. The van der Waals surface area contributed by atoms with Crippen LogP contribution in [0.25, 0.3) is 0 Å². The first kappa shape index (κ1) is 24.3. The molecule has 178 valence electrons. The Morgan fingerprint density at radius 1 is 0.971 bits per heavy atom. The van der Waals surface area contributed by atoms with Gasteiger partial charge in [0.25, 0.3) is 5.91 Å². The minimum absolute atomic E-state index is 0.128. The molecule has 0 saturated heterocycles. The number of carbonyl (C=O) groups is 1. The Kier molecular flexibility index (Phi) is 7.29. The van der Waals surface area contributed by atoms with Crippen molar-refractivity contribution in [1.29, 1.82) is 0 Å². The standard InChI is InChI=1S/C27H29ClN2O3S/c1-19(23-10-9-21-5-3-4-6-24(21)17-23)29-27(31)22-11-15-26(16-12-22)30(34(2,32)33)18-20-7-13-25(28)14-8-20/h7-17,19H,3-6,18H2,1-2H3,(H,29,31)/t19-/m0/s1. The van der Waals surface area contributed by atoms with Crippen LogP contribution in [-0.4, -0.2) is 20.6 Å². The maximum atomic E-state index is 12.9. The van der Waals surface area contributed by atoms with Gasteiger partial charge in [0.2, 0.25) is 10.0 Å². The van der Waals surface area contributed by atoms with Crippen LogP contribution in [-0.2, 0) is 29.4 Å². The number of hydrogen-bond donors (Lipinski definition) is 1. The van der Waals surface area contributed by atoms with E-state index in [1.54, 1.807) is 48.5 Å².